The lowest BCUT2D eigenvalue weighted by molar-refractivity contribution is -0.117. The van der Waals surface area contributed by atoms with Crippen LogP contribution in [-0.4, -0.2) is 10.9 Å². The summed E-state index contributed by atoms with van der Waals surface area (Å²) in [6.45, 7) is 8.49. The van der Waals surface area contributed by atoms with Crippen molar-refractivity contribution in [3.63, 3.8) is 0 Å². The summed E-state index contributed by atoms with van der Waals surface area (Å²) in [4.78, 5) is 15.7. The van der Waals surface area contributed by atoms with E-state index in [1.54, 1.807) is 18.3 Å². The zero-order valence-electron chi connectivity index (χ0n) is 11.4. The van der Waals surface area contributed by atoms with Gasteiger partial charge < -0.3 is 11.1 Å². The Morgan fingerprint density at radius 1 is 1.44 bits per heavy atom. The van der Waals surface area contributed by atoms with Crippen molar-refractivity contribution in [1.29, 1.82) is 0 Å². The fraction of sp³-hybridized carbons (Fsp3) is 0.538. The maximum absolute atomic E-state index is 11.8. The molecule has 4 nitrogen and oxygen atoms in total. The van der Waals surface area contributed by atoms with E-state index >= 15 is 0 Å². The summed E-state index contributed by atoms with van der Waals surface area (Å²) < 4.78 is 0. The zero-order valence-corrected chi connectivity index (χ0v) is 12.2. The number of hydrogen-bond donors (Lipinski definition) is 2. The van der Waals surface area contributed by atoms with E-state index in [9.17, 15) is 4.79 Å². The monoisotopic (exact) mass is 271 g/mol. The summed E-state index contributed by atoms with van der Waals surface area (Å²) in [5.74, 6) is 0.786. The van der Waals surface area contributed by atoms with Crippen molar-refractivity contribution >= 4 is 29.8 Å². The molecule has 0 aliphatic rings. The third-order valence-electron chi connectivity index (χ3n) is 3.04. The Labute approximate surface area is 115 Å². The van der Waals surface area contributed by atoms with Gasteiger partial charge in [0.25, 0.3) is 0 Å². The van der Waals surface area contributed by atoms with Crippen molar-refractivity contribution in [1.82, 2.24) is 4.98 Å². The van der Waals surface area contributed by atoms with Crippen LogP contribution < -0.4 is 11.1 Å². The van der Waals surface area contributed by atoms with Gasteiger partial charge in [-0.2, -0.15) is 0 Å². The lowest BCUT2D eigenvalue weighted by Gasteiger charge is -2.26. The van der Waals surface area contributed by atoms with Crippen LogP contribution in [0.2, 0.25) is 0 Å². The van der Waals surface area contributed by atoms with Gasteiger partial charge in [-0.1, -0.05) is 27.7 Å². The van der Waals surface area contributed by atoms with Crippen LogP contribution in [0.3, 0.4) is 0 Å². The van der Waals surface area contributed by atoms with E-state index in [4.69, 9.17) is 5.73 Å². The van der Waals surface area contributed by atoms with Crippen LogP contribution in [0.4, 0.5) is 11.5 Å². The average Bonchev–Trinajstić information content (AvgIpc) is 2.20. The molecule has 0 aromatic carbocycles. The molecule has 0 aliphatic carbocycles. The number of halogens is 1. The van der Waals surface area contributed by atoms with Gasteiger partial charge in [-0.3, -0.25) is 4.79 Å². The summed E-state index contributed by atoms with van der Waals surface area (Å²) in [7, 11) is 0. The van der Waals surface area contributed by atoms with Gasteiger partial charge in [0.15, 0.2) is 0 Å². The summed E-state index contributed by atoms with van der Waals surface area (Å²) in [5.41, 5.74) is 6.29. The molecule has 1 atom stereocenters. The first-order chi connectivity index (χ1) is 7.79. The van der Waals surface area contributed by atoms with E-state index in [1.165, 1.54) is 0 Å². The molecule has 0 saturated heterocycles. The molecule has 5 heteroatoms. The molecule has 3 N–H and O–H groups in total. The number of amides is 1. The SMILES string of the molecule is CC(CC(=O)Nc1ccc(N)nc1)C(C)(C)C.Cl. The highest BCUT2D eigenvalue weighted by atomic mass is 35.5. The number of nitrogens with two attached hydrogens (primary N) is 1. The van der Waals surface area contributed by atoms with Gasteiger partial charge in [-0.15, -0.1) is 12.4 Å². The number of nitrogens with one attached hydrogen (secondary N) is 1. The quantitative estimate of drug-likeness (QED) is 0.888. The number of carbonyl (C=O) groups is 1. The van der Waals surface area contributed by atoms with Crippen LogP contribution >= 0.6 is 12.4 Å². The molecule has 1 amide bonds. The van der Waals surface area contributed by atoms with Gasteiger partial charge >= 0.3 is 0 Å². The topological polar surface area (TPSA) is 68.0 Å². The molecule has 1 aromatic heterocycles. The second-order valence-electron chi connectivity index (χ2n) is 5.49. The minimum absolute atomic E-state index is 0. The Balaban J connectivity index is 0.00000289. The summed E-state index contributed by atoms with van der Waals surface area (Å²) in [6.07, 6.45) is 2.07. The first-order valence-electron chi connectivity index (χ1n) is 5.80. The molecule has 0 saturated carbocycles. The van der Waals surface area contributed by atoms with E-state index in [0.29, 0.717) is 23.8 Å². The molecule has 102 valence electrons. The molecule has 1 unspecified atom stereocenters. The number of aromatic nitrogens is 1. The summed E-state index contributed by atoms with van der Waals surface area (Å²) in [5, 5.41) is 2.82. The standard InChI is InChI=1S/C13H21N3O.ClH/c1-9(13(2,3)4)7-12(17)16-10-5-6-11(14)15-8-10;/h5-6,8-9H,7H2,1-4H3,(H2,14,15)(H,16,17);1H. The molecule has 1 aromatic rings. The smallest absolute Gasteiger partial charge is 0.224 e. The second-order valence-corrected chi connectivity index (χ2v) is 5.49. The number of pyridine rings is 1. The molecule has 0 fully saturated rings. The summed E-state index contributed by atoms with van der Waals surface area (Å²) in [6, 6.07) is 3.42. The van der Waals surface area contributed by atoms with Gasteiger partial charge in [0.2, 0.25) is 5.91 Å². The van der Waals surface area contributed by atoms with Gasteiger partial charge in [-0.25, -0.2) is 4.98 Å². The van der Waals surface area contributed by atoms with Crippen LogP contribution in [0.5, 0.6) is 0 Å². The van der Waals surface area contributed by atoms with E-state index in [0.717, 1.165) is 0 Å². The van der Waals surface area contributed by atoms with Crippen molar-refractivity contribution in [2.45, 2.75) is 34.1 Å². The van der Waals surface area contributed by atoms with Crippen LogP contribution in [0, 0.1) is 11.3 Å². The Bertz CT molecular complexity index is 384. The largest absolute Gasteiger partial charge is 0.384 e. The number of rotatable bonds is 3. The number of nitrogens with zero attached hydrogens (tertiary/aromatic N) is 1. The molecule has 1 rings (SSSR count). The highest BCUT2D eigenvalue weighted by Gasteiger charge is 2.22. The van der Waals surface area contributed by atoms with Crippen molar-refractivity contribution in [3.8, 4) is 0 Å². The van der Waals surface area contributed by atoms with Crippen LogP contribution in [0.25, 0.3) is 0 Å². The lowest BCUT2D eigenvalue weighted by atomic mass is 9.80. The Morgan fingerprint density at radius 2 is 2.06 bits per heavy atom. The van der Waals surface area contributed by atoms with Crippen molar-refractivity contribution < 1.29 is 4.79 Å². The first kappa shape index (κ1) is 16.7. The van der Waals surface area contributed by atoms with E-state index in [2.05, 4.69) is 38.0 Å². The minimum Gasteiger partial charge on any atom is -0.384 e. The fourth-order valence-electron chi connectivity index (χ4n) is 1.28. The zero-order chi connectivity index (χ0) is 13.1. The molecule has 0 aliphatic heterocycles. The molecule has 18 heavy (non-hydrogen) atoms. The Morgan fingerprint density at radius 3 is 2.50 bits per heavy atom. The molecular weight excluding hydrogens is 250 g/mol. The highest BCUT2D eigenvalue weighted by molar-refractivity contribution is 5.90. The van der Waals surface area contributed by atoms with Crippen LogP contribution in [0.1, 0.15) is 34.1 Å². The molecule has 0 bridgehead atoms. The molecule has 1 heterocycles. The molecular formula is C13H22ClN3O. The van der Waals surface area contributed by atoms with Crippen LogP contribution in [-0.2, 0) is 4.79 Å². The fourth-order valence-corrected chi connectivity index (χ4v) is 1.28. The maximum Gasteiger partial charge on any atom is 0.224 e. The van der Waals surface area contributed by atoms with E-state index < -0.39 is 0 Å². The summed E-state index contributed by atoms with van der Waals surface area (Å²) >= 11 is 0. The van der Waals surface area contributed by atoms with Gasteiger partial charge in [0.1, 0.15) is 5.82 Å². The van der Waals surface area contributed by atoms with E-state index in [1.807, 2.05) is 0 Å². The third kappa shape index (κ3) is 5.36. The first-order valence-corrected chi connectivity index (χ1v) is 5.80. The van der Waals surface area contributed by atoms with Gasteiger partial charge in [0, 0.05) is 6.42 Å². The third-order valence-corrected chi connectivity index (χ3v) is 3.04. The normalized spacial score (nSPS) is 12.4. The Hall–Kier alpha value is -1.29. The second kappa shape index (κ2) is 6.59. The lowest BCUT2D eigenvalue weighted by Crippen LogP contribution is -2.23. The minimum atomic E-state index is 0. The number of carbonyl (C=O) groups excluding carboxylic acids is 1. The average molecular weight is 272 g/mol. The number of hydrogen-bond acceptors (Lipinski definition) is 3. The molecule has 0 radical (unpaired) electrons. The van der Waals surface area contributed by atoms with Crippen molar-refractivity contribution in [3.05, 3.63) is 18.3 Å². The molecule has 0 spiro atoms. The van der Waals surface area contributed by atoms with Crippen molar-refractivity contribution in [2.24, 2.45) is 11.3 Å². The maximum atomic E-state index is 11.8. The van der Waals surface area contributed by atoms with E-state index in [-0.39, 0.29) is 23.7 Å². The van der Waals surface area contributed by atoms with Crippen molar-refractivity contribution in [2.75, 3.05) is 11.1 Å². The Kier molecular flexibility index (Phi) is 6.12. The predicted molar refractivity (Wildman–Crippen MR) is 77.8 cm³/mol. The predicted octanol–water partition coefficient (Wildman–Crippen LogP) is 3.10. The van der Waals surface area contributed by atoms with Gasteiger partial charge in [0.05, 0.1) is 11.9 Å². The number of nitrogen functional groups attached to an aromatic ring is 1. The van der Waals surface area contributed by atoms with Crippen LogP contribution in [0.15, 0.2) is 18.3 Å². The highest BCUT2D eigenvalue weighted by Crippen LogP contribution is 2.28. The number of anilines is 2. The van der Waals surface area contributed by atoms with Gasteiger partial charge in [-0.05, 0) is 23.5 Å².